The fourth-order valence-electron chi connectivity index (χ4n) is 2.86. The summed E-state index contributed by atoms with van der Waals surface area (Å²) in [5.74, 6) is 0.335. The first-order chi connectivity index (χ1) is 12.6. The molecule has 0 unspecified atom stereocenters. The maximum absolute atomic E-state index is 11.3. The fourth-order valence-corrected chi connectivity index (χ4v) is 2.86. The van der Waals surface area contributed by atoms with Gasteiger partial charge in [-0.25, -0.2) is 4.98 Å². The third-order valence-corrected chi connectivity index (χ3v) is 4.09. The van der Waals surface area contributed by atoms with Gasteiger partial charge < -0.3 is 4.74 Å². The van der Waals surface area contributed by atoms with E-state index in [0.29, 0.717) is 27.0 Å². The molecule has 0 saturated carbocycles. The van der Waals surface area contributed by atoms with Crippen molar-refractivity contribution in [3.8, 4) is 11.6 Å². The van der Waals surface area contributed by atoms with Crippen LogP contribution in [0.3, 0.4) is 0 Å². The highest BCUT2D eigenvalue weighted by molar-refractivity contribution is 5.93. The zero-order valence-electron chi connectivity index (χ0n) is 13.5. The molecule has 0 saturated heterocycles. The quantitative estimate of drug-likeness (QED) is 0.436. The summed E-state index contributed by atoms with van der Waals surface area (Å²) >= 11 is 0. The van der Waals surface area contributed by atoms with Gasteiger partial charge in [-0.15, -0.1) is 0 Å². The zero-order valence-corrected chi connectivity index (χ0v) is 13.5. The standard InChI is InChI=1S/C20H13N3O3/c21-19-13-7-1-2-8-14(13)20(22-16-10-4-3-9-15(16)19)26-18-12-6-5-11-17(18)23(24)25/h1-12,21H. The Bertz CT molecular complexity index is 1220. The Kier molecular flexibility index (Phi) is 3.78. The van der Waals surface area contributed by atoms with E-state index in [-0.39, 0.29) is 17.3 Å². The summed E-state index contributed by atoms with van der Waals surface area (Å²) in [6.45, 7) is 0. The molecule has 26 heavy (non-hydrogen) atoms. The Hall–Kier alpha value is -3.80. The van der Waals surface area contributed by atoms with Crippen LogP contribution >= 0.6 is 0 Å². The highest BCUT2D eigenvalue weighted by Crippen LogP contribution is 2.33. The first kappa shape index (κ1) is 15.7. The minimum absolute atomic E-state index is 0.108. The molecule has 0 aliphatic carbocycles. The second-order valence-electron chi connectivity index (χ2n) is 5.68. The van der Waals surface area contributed by atoms with Gasteiger partial charge in [-0.2, -0.15) is 0 Å². The predicted octanol–water partition coefficient (Wildman–Crippen LogP) is 4.57. The van der Waals surface area contributed by atoms with Crippen molar-refractivity contribution in [3.63, 3.8) is 0 Å². The molecule has 0 atom stereocenters. The number of nitrogens with one attached hydrogen (secondary N) is 1. The summed E-state index contributed by atoms with van der Waals surface area (Å²) in [5, 5.41) is 22.1. The van der Waals surface area contributed by atoms with Crippen LogP contribution in [0.1, 0.15) is 0 Å². The lowest BCUT2D eigenvalue weighted by atomic mass is 10.1. The van der Waals surface area contributed by atoms with Crippen molar-refractivity contribution in [2.24, 2.45) is 0 Å². The normalized spacial score (nSPS) is 10.8. The largest absolute Gasteiger partial charge is 0.431 e. The lowest BCUT2D eigenvalue weighted by molar-refractivity contribution is -0.385. The maximum atomic E-state index is 11.3. The Labute approximate surface area is 148 Å². The molecule has 4 rings (SSSR count). The molecular weight excluding hydrogens is 330 g/mol. The summed E-state index contributed by atoms with van der Waals surface area (Å²) in [6, 6.07) is 20.7. The third-order valence-electron chi connectivity index (χ3n) is 4.09. The first-order valence-electron chi connectivity index (χ1n) is 7.93. The minimum atomic E-state index is -0.492. The Morgan fingerprint density at radius 1 is 0.846 bits per heavy atom. The smallest absolute Gasteiger partial charge is 0.311 e. The van der Waals surface area contributed by atoms with Crippen molar-refractivity contribution in [1.29, 1.82) is 5.41 Å². The van der Waals surface area contributed by atoms with Gasteiger partial charge in [0.05, 0.1) is 15.8 Å². The number of para-hydroxylation sites is 3. The number of fused-ring (bicyclic) bond motifs is 2. The Balaban J connectivity index is 2.05. The molecule has 4 aromatic rings. The predicted molar refractivity (Wildman–Crippen MR) is 98.3 cm³/mol. The number of aromatic nitrogens is 1. The van der Waals surface area contributed by atoms with E-state index in [1.807, 2.05) is 36.4 Å². The average Bonchev–Trinajstić information content (AvgIpc) is 2.78. The molecule has 126 valence electrons. The van der Waals surface area contributed by atoms with Crippen LogP contribution in [0.4, 0.5) is 5.69 Å². The highest BCUT2D eigenvalue weighted by atomic mass is 16.6. The topological polar surface area (TPSA) is 89.1 Å². The van der Waals surface area contributed by atoms with Gasteiger partial charge in [-0.05, 0) is 18.2 Å². The molecule has 1 N–H and O–H groups in total. The molecule has 6 nitrogen and oxygen atoms in total. The number of ether oxygens (including phenoxy) is 1. The van der Waals surface area contributed by atoms with Gasteiger partial charge in [-0.1, -0.05) is 48.5 Å². The highest BCUT2D eigenvalue weighted by Gasteiger charge is 2.16. The van der Waals surface area contributed by atoms with Crippen LogP contribution in [-0.2, 0) is 0 Å². The summed E-state index contributed by atoms with van der Waals surface area (Å²) in [7, 11) is 0. The fraction of sp³-hybridized carbons (Fsp3) is 0. The van der Waals surface area contributed by atoms with Crippen LogP contribution in [0.25, 0.3) is 21.7 Å². The summed E-state index contributed by atoms with van der Waals surface area (Å²) in [6.07, 6.45) is 0. The van der Waals surface area contributed by atoms with Crippen molar-refractivity contribution in [1.82, 2.24) is 4.98 Å². The summed E-state index contributed by atoms with van der Waals surface area (Å²) < 4.78 is 5.87. The number of nitrogens with zero attached hydrogens (tertiary/aromatic N) is 2. The number of benzene rings is 3. The molecule has 3 aromatic carbocycles. The lowest BCUT2D eigenvalue weighted by Gasteiger charge is -2.06. The van der Waals surface area contributed by atoms with E-state index in [2.05, 4.69) is 4.98 Å². The zero-order chi connectivity index (χ0) is 18.1. The van der Waals surface area contributed by atoms with Gasteiger partial charge in [0.25, 0.3) is 0 Å². The SMILES string of the molecule is N=c1c2ccccc2nc(Oc2ccccc2[N+](=O)[O-])c2ccccc12. The van der Waals surface area contributed by atoms with Crippen LogP contribution in [0.5, 0.6) is 11.6 Å². The lowest BCUT2D eigenvalue weighted by Crippen LogP contribution is -1.98. The van der Waals surface area contributed by atoms with E-state index >= 15 is 0 Å². The van der Waals surface area contributed by atoms with Gasteiger partial charge in [0.2, 0.25) is 11.6 Å². The van der Waals surface area contributed by atoms with Crippen molar-refractivity contribution in [2.45, 2.75) is 0 Å². The van der Waals surface area contributed by atoms with Gasteiger partial charge in [0.15, 0.2) is 0 Å². The monoisotopic (exact) mass is 343 g/mol. The second kappa shape index (κ2) is 6.25. The van der Waals surface area contributed by atoms with Crippen LogP contribution in [0, 0.1) is 15.5 Å². The maximum Gasteiger partial charge on any atom is 0.311 e. The molecule has 0 aliphatic rings. The number of nitro benzene ring substituents is 1. The molecule has 0 radical (unpaired) electrons. The molecule has 1 heterocycles. The van der Waals surface area contributed by atoms with Gasteiger partial charge in [-0.3, -0.25) is 15.5 Å². The molecule has 6 heteroatoms. The second-order valence-corrected chi connectivity index (χ2v) is 5.68. The number of rotatable bonds is 3. The van der Waals surface area contributed by atoms with E-state index in [0.717, 1.165) is 0 Å². The van der Waals surface area contributed by atoms with Crippen LogP contribution < -0.4 is 10.1 Å². The van der Waals surface area contributed by atoms with Crippen LogP contribution in [0.2, 0.25) is 0 Å². The van der Waals surface area contributed by atoms with Gasteiger partial charge in [0, 0.05) is 22.2 Å². The minimum Gasteiger partial charge on any atom is -0.431 e. The number of nitro groups is 1. The number of hydrogen-bond donors (Lipinski definition) is 1. The average molecular weight is 343 g/mol. The van der Waals surface area contributed by atoms with E-state index in [1.54, 1.807) is 24.3 Å². The molecule has 1 aromatic heterocycles. The molecule has 0 spiro atoms. The first-order valence-corrected chi connectivity index (χ1v) is 7.93. The Morgan fingerprint density at radius 2 is 1.46 bits per heavy atom. The molecular formula is C20H13N3O3. The summed E-state index contributed by atoms with van der Waals surface area (Å²) in [5.41, 5.74) is 0.447. The molecule has 0 fully saturated rings. The molecule has 0 bridgehead atoms. The van der Waals surface area contributed by atoms with Crippen molar-refractivity contribution in [3.05, 3.63) is 88.3 Å². The van der Waals surface area contributed by atoms with Gasteiger partial charge in [0.1, 0.15) is 0 Å². The molecule has 0 amide bonds. The van der Waals surface area contributed by atoms with Gasteiger partial charge >= 0.3 is 5.69 Å². The van der Waals surface area contributed by atoms with E-state index in [9.17, 15) is 10.1 Å². The summed E-state index contributed by atoms with van der Waals surface area (Å²) in [4.78, 5) is 15.3. The van der Waals surface area contributed by atoms with E-state index in [1.165, 1.54) is 12.1 Å². The van der Waals surface area contributed by atoms with Crippen molar-refractivity contribution >= 4 is 27.4 Å². The van der Waals surface area contributed by atoms with Crippen LogP contribution in [-0.4, -0.2) is 9.91 Å². The van der Waals surface area contributed by atoms with Crippen LogP contribution in [0.15, 0.2) is 72.8 Å². The molecule has 0 aliphatic heterocycles. The Morgan fingerprint density at radius 3 is 2.23 bits per heavy atom. The number of hydrogen-bond acceptors (Lipinski definition) is 5. The van der Waals surface area contributed by atoms with E-state index < -0.39 is 4.92 Å². The van der Waals surface area contributed by atoms with Crippen molar-refractivity contribution < 1.29 is 9.66 Å². The van der Waals surface area contributed by atoms with Crippen molar-refractivity contribution in [2.75, 3.05) is 0 Å². The third kappa shape index (κ3) is 2.63. The van der Waals surface area contributed by atoms with E-state index in [4.69, 9.17) is 10.1 Å².